The quantitative estimate of drug-likeness (QED) is 0.00958. The van der Waals surface area contributed by atoms with E-state index in [4.69, 9.17) is 24.8 Å². The third kappa shape index (κ3) is 35.1. The number of ether oxygens (including phenoxy) is 2. The number of benzene rings is 6. The van der Waals surface area contributed by atoms with Gasteiger partial charge in [0.15, 0.2) is 86.8 Å². The zero-order valence-corrected chi connectivity index (χ0v) is 86.9. The van der Waals surface area contributed by atoms with Gasteiger partial charge in [-0.2, -0.15) is 0 Å². The maximum absolute atomic E-state index is 12.2. The molecule has 6 aromatic heterocycles. The largest absolute Gasteiger partial charge is 1.00 e. The summed E-state index contributed by atoms with van der Waals surface area (Å²) in [5.41, 5.74) is 17.6. The van der Waals surface area contributed by atoms with Crippen LogP contribution in [-0.4, -0.2) is 178 Å². The Hall–Kier alpha value is -12.0. The number of carbonyl (C=O) groups is 5. The number of aldehydes is 5. The van der Waals surface area contributed by atoms with Gasteiger partial charge in [0.2, 0.25) is 0 Å². The first-order valence-corrected chi connectivity index (χ1v) is 51.5. The zero-order valence-electron chi connectivity index (χ0n) is 87.9. The van der Waals surface area contributed by atoms with E-state index in [-0.39, 0.29) is 131 Å². The summed E-state index contributed by atoms with van der Waals surface area (Å²) < 4.78 is 25.4. The maximum Gasteiger partial charge on any atom is 1.00 e. The van der Waals surface area contributed by atoms with Crippen molar-refractivity contribution in [2.45, 2.75) is 282 Å². The van der Waals surface area contributed by atoms with Gasteiger partial charge in [-0.25, -0.2) is 27.4 Å². The monoisotopic (exact) mass is 2010 g/mol. The van der Waals surface area contributed by atoms with Gasteiger partial charge in [0.25, 0.3) is 0 Å². The number of rotatable bonds is 50. The van der Waals surface area contributed by atoms with E-state index in [9.17, 15) is 69.9 Å². The van der Waals surface area contributed by atoms with E-state index in [1.165, 1.54) is 22.3 Å². The first-order valence-electron chi connectivity index (χ1n) is 51.5. The lowest BCUT2D eigenvalue weighted by atomic mass is 9.61. The summed E-state index contributed by atoms with van der Waals surface area (Å²) in [5, 5.41) is 117. The predicted octanol–water partition coefficient (Wildman–Crippen LogP) is 13.1. The third-order valence-corrected chi connectivity index (χ3v) is 28.7. The van der Waals surface area contributed by atoms with Crippen molar-refractivity contribution in [3.05, 3.63) is 393 Å². The highest BCUT2D eigenvalue weighted by Crippen LogP contribution is 2.58. The second-order valence-corrected chi connectivity index (χ2v) is 41.2. The number of carbonyl (C=O) groups excluding carboxylic acids is 5. The molecule has 0 amide bonds. The van der Waals surface area contributed by atoms with E-state index in [0.717, 1.165) is 87.9 Å². The van der Waals surface area contributed by atoms with E-state index in [1.807, 2.05) is 133 Å². The van der Waals surface area contributed by atoms with Crippen molar-refractivity contribution in [3.63, 3.8) is 0 Å². The normalized spacial score (nSPS) is 18.2. The topological polar surface area (TPSA) is 373 Å². The van der Waals surface area contributed by atoms with Crippen molar-refractivity contribution in [2.75, 3.05) is 0 Å². The number of aliphatic hydroxyl groups excluding tert-OH is 11. The Labute approximate surface area is 867 Å². The van der Waals surface area contributed by atoms with Crippen LogP contribution in [0.25, 0.3) is 0 Å². The minimum absolute atomic E-state index is 0. The molecule has 13 N–H and O–H groups in total. The molecule has 1 aliphatic rings. The second-order valence-electron chi connectivity index (χ2n) is 41.2. The molecule has 13 rings (SSSR count). The fourth-order valence-electron chi connectivity index (χ4n) is 21.2. The Kier molecular flexibility index (Phi) is 44.7. The lowest BCUT2D eigenvalue weighted by Gasteiger charge is -2.42. The summed E-state index contributed by atoms with van der Waals surface area (Å²) in [7, 11) is 12.1. The van der Waals surface area contributed by atoms with Crippen molar-refractivity contribution < 1.29 is 124 Å². The summed E-state index contributed by atoms with van der Waals surface area (Å²) in [6, 6.07) is 75.0. The summed E-state index contributed by atoms with van der Waals surface area (Å²) in [4.78, 5) is 59.6. The van der Waals surface area contributed by atoms with Gasteiger partial charge in [0.1, 0.15) is 73.7 Å². The van der Waals surface area contributed by atoms with Crippen LogP contribution in [0.1, 0.15) is 310 Å². The van der Waals surface area contributed by atoms with Crippen LogP contribution < -0.4 is 27.4 Å². The molecular weight excluding hydrogens is 1850 g/mol. The first kappa shape index (κ1) is 115. The van der Waals surface area contributed by atoms with Crippen LogP contribution >= 0.6 is 0 Å². The van der Waals surface area contributed by atoms with Crippen molar-refractivity contribution >= 4 is 31.4 Å². The Morgan fingerprint density at radius 2 is 0.490 bits per heavy atom. The molecule has 0 saturated carbocycles. The van der Waals surface area contributed by atoms with Gasteiger partial charge in [0, 0.05) is 125 Å². The smallest absolute Gasteiger partial charge is 0.443 e. The van der Waals surface area contributed by atoms with Gasteiger partial charge in [-0.3, -0.25) is 24.0 Å². The lowest BCUT2D eigenvalue weighted by Crippen LogP contribution is -2.38. The van der Waals surface area contributed by atoms with E-state index >= 15 is 0 Å². The highest BCUT2D eigenvalue weighted by molar-refractivity contribution is 5.77. The lowest BCUT2D eigenvalue weighted by molar-refractivity contribution is -0.671. The number of hydrogen-bond donors (Lipinski definition) is 11. The van der Waals surface area contributed by atoms with Gasteiger partial charge in [-0.05, 0) is 224 Å². The minimum Gasteiger partial charge on any atom is -0.443 e. The molecule has 24 atom stereocenters. The predicted molar refractivity (Wildman–Crippen MR) is 563 cm³/mol. The molecule has 12 aromatic rings. The zero-order chi connectivity index (χ0) is 106. The summed E-state index contributed by atoms with van der Waals surface area (Å²) in [5.74, 6) is -0.707. The van der Waals surface area contributed by atoms with Crippen molar-refractivity contribution in [1.82, 2.24) is 0 Å². The van der Waals surface area contributed by atoms with E-state index in [0.29, 0.717) is 40.7 Å². The van der Waals surface area contributed by atoms with Crippen molar-refractivity contribution in [2.24, 2.45) is 42.3 Å². The number of aliphatic hydroxyl groups is 11. The Balaban J connectivity index is 0.000000259. The molecular formula is C122H156N6O19+8. The first-order chi connectivity index (χ1) is 70.4. The number of pyridine rings is 6. The van der Waals surface area contributed by atoms with Crippen LogP contribution in [-0.2, 0) is 64.6 Å². The Morgan fingerprint density at radius 3 is 0.762 bits per heavy atom. The van der Waals surface area contributed by atoms with Gasteiger partial charge in [-0.15, -0.1) is 0 Å². The maximum atomic E-state index is 12.2. The number of hydrogen-bond acceptors (Lipinski definition) is 18. The van der Waals surface area contributed by atoms with E-state index in [2.05, 4.69) is 243 Å². The molecule has 147 heavy (non-hydrogen) atoms. The molecule has 0 bridgehead atoms. The van der Waals surface area contributed by atoms with Crippen LogP contribution in [0.4, 0.5) is 0 Å². The summed E-state index contributed by atoms with van der Waals surface area (Å²) in [6.45, 7) is 11.0. The Bertz CT molecular complexity index is 5930. The van der Waals surface area contributed by atoms with Crippen molar-refractivity contribution in [3.8, 4) is 0 Å². The van der Waals surface area contributed by atoms with Gasteiger partial charge < -0.3 is 70.8 Å². The average molecular weight is 2010 g/mol. The van der Waals surface area contributed by atoms with E-state index < -0.39 is 91.7 Å². The molecule has 22 unspecified atom stereocenters. The number of aryl methyl sites for hydroxylation is 6. The molecule has 7 heterocycles. The molecule has 25 nitrogen and oxygen atoms in total. The van der Waals surface area contributed by atoms with E-state index in [1.54, 1.807) is 27.7 Å². The second kappa shape index (κ2) is 57.0. The van der Waals surface area contributed by atoms with Crippen LogP contribution in [0.5, 0.6) is 0 Å². The summed E-state index contributed by atoms with van der Waals surface area (Å²) in [6.07, 6.45) is 22.1. The van der Waals surface area contributed by atoms with Crippen molar-refractivity contribution in [1.29, 1.82) is 0 Å². The van der Waals surface area contributed by atoms with Gasteiger partial charge >= 0.3 is 1.43 Å². The van der Waals surface area contributed by atoms with Crippen LogP contribution in [0.3, 0.4) is 0 Å². The fourth-order valence-corrected chi connectivity index (χ4v) is 21.2. The molecule has 1 aliphatic heterocycles. The molecule has 0 spiro atoms. The molecule has 1 saturated heterocycles. The Morgan fingerprint density at radius 1 is 0.272 bits per heavy atom. The van der Waals surface area contributed by atoms with Gasteiger partial charge in [0.05, 0.1) is 79.4 Å². The molecule has 6 aromatic carbocycles. The SMILES string of the molecule is CC(O)CC(O)CC(O)CC([OH2+])CC(O)CC(O)CC(C)O.CC(O)CC(O)CC(O)CC1CC(CC(O)CC(C)O)OC(c2ccc(CC(c3cc[n+](C)cc3)C(c3cc[n+](C)cc3)C(c3ccc(C=O)cc3)C(c3ccc(C=O)cc3)[C@@H](C)c3cc[n+](C)cc3)cc2)O1.C[C@@H](c1cc[n+](C)cc1)C(c1ccc(C=O)cc1)C(c1ccc(C=O)cc1)C(c1cc[n+](C)cc1)C(Cc1ccc(C=O)cc1)c1cc[n+](C)cc1.[H+]. The molecule has 0 radical (unpaired) electrons. The molecule has 780 valence electrons. The minimum atomic E-state index is -0.888. The van der Waals surface area contributed by atoms with Gasteiger partial charge in [-0.1, -0.05) is 159 Å². The summed E-state index contributed by atoms with van der Waals surface area (Å²) >= 11 is 0. The molecule has 25 heteroatoms. The molecule has 0 aliphatic carbocycles. The fraction of sp³-hybridized carbons (Fsp3) is 0.418. The highest BCUT2D eigenvalue weighted by atomic mass is 16.7. The van der Waals surface area contributed by atoms with Crippen LogP contribution in [0.2, 0.25) is 0 Å². The molecule has 1 fully saturated rings. The standard InChI is InChI=1S/C61H76N3O9.C46H46N3O3.C15H32O7/c1-40(67)31-52(69)34-54(71)36-56-37-55(35-53(70)32-41(2)68)72-61(73-56)51-17-7-43(8-18-51)33-57(47-21-27-63(5)28-22-47)59(50-23-29-64(6)30-24-50)60(49-15-11-45(39-66)12-16-49)58(48-13-9-44(38-65)10-14-48)42(3)46-19-25-62(4)26-20-46;1-33(38-17-23-47(2)24-18-38)44(40-13-9-36(31-51)10-14-40)46(41-15-11-37(32-52)12-16-41)45(42-21-27-49(4)28-22-42)43(39-19-25-48(3)26-20-39)29-34-5-7-35(30-50)8-6-34;1-9(16)3-11(18)5-13(20)7-15(22)8-14(21)6-12(19)4-10(2)17/h7-30,38-42,52-61,67-71H,31-37H2,1-6H3;5-28,30-33,43-46H,29H2,1-4H3;9-22H,3-8H2,1-2H3/q2*+3;/p+2/t40?,41?,42-,52?,53?,54?,55?,56?,57?,58?,59?,60?,61?;33-,43?,44?,45?,46?;/m00./s1. The van der Waals surface area contributed by atoms with Crippen LogP contribution in [0, 0.1) is 0 Å². The van der Waals surface area contributed by atoms with Crippen LogP contribution in [0.15, 0.2) is 293 Å². The highest BCUT2D eigenvalue weighted by Gasteiger charge is 2.45. The number of aromatic nitrogens is 6. The average Bonchev–Trinajstić information content (AvgIpc) is 0.758. The third-order valence-electron chi connectivity index (χ3n) is 28.7. The number of nitrogens with zero attached hydrogens (tertiary/aromatic N) is 6.